The molecule has 2 aromatic rings. The number of likely N-dealkylation sites (tertiary alicyclic amines) is 1. The largest absolute Gasteiger partial charge is 0.485 e. The highest BCUT2D eigenvalue weighted by Crippen LogP contribution is 2.27. The van der Waals surface area contributed by atoms with Crippen molar-refractivity contribution < 1.29 is 22.7 Å². The van der Waals surface area contributed by atoms with E-state index in [1.54, 1.807) is 24.5 Å². The first-order chi connectivity index (χ1) is 10.9. The topological polar surface area (TPSA) is 55.3 Å². The van der Waals surface area contributed by atoms with Crippen molar-refractivity contribution in [1.82, 2.24) is 14.9 Å². The molecule has 0 bridgehead atoms. The second kappa shape index (κ2) is 5.86. The predicted octanol–water partition coefficient (Wildman–Crippen LogP) is 2.40. The number of halogens is 3. The predicted molar refractivity (Wildman–Crippen MR) is 73.8 cm³/mol. The van der Waals surface area contributed by atoms with Crippen LogP contribution in [0.1, 0.15) is 16.1 Å². The van der Waals surface area contributed by atoms with E-state index in [0.717, 1.165) is 18.3 Å². The van der Waals surface area contributed by atoms with E-state index in [0.29, 0.717) is 18.8 Å². The number of carbonyl (C=O) groups is 1. The minimum Gasteiger partial charge on any atom is -0.485 e. The van der Waals surface area contributed by atoms with Crippen LogP contribution in [0.5, 0.6) is 5.75 Å². The van der Waals surface area contributed by atoms with Gasteiger partial charge in [-0.3, -0.25) is 14.8 Å². The van der Waals surface area contributed by atoms with Gasteiger partial charge in [-0.05, 0) is 24.3 Å². The van der Waals surface area contributed by atoms with Crippen molar-refractivity contribution in [2.24, 2.45) is 0 Å². The second-order valence-electron chi connectivity index (χ2n) is 5.07. The van der Waals surface area contributed by atoms with Crippen molar-refractivity contribution in [3.63, 3.8) is 0 Å². The van der Waals surface area contributed by atoms with Crippen molar-refractivity contribution in [3.05, 3.63) is 54.1 Å². The number of pyridine rings is 2. The van der Waals surface area contributed by atoms with E-state index in [1.165, 1.54) is 4.90 Å². The van der Waals surface area contributed by atoms with Crippen LogP contribution in [-0.2, 0) is 6.18 Å². The second-order valence-corrected chi connectivity index (χ2v) is 5.07. The van der Waals surface area contributed by atoms with Crippen LogP contribution in [-0.4, -0.2) is 40.0 Å². The summed E-state index contributed by atoms with van der Waals surface area (Å²) in [5.41, 5.74) is -0.895. The van der Waals surface area contributed by atoms with Crippen molar-refractivity contribution in [3.8, 4) is 5.75 Å². The minimum atomic E-state index is -4.51. The molecule has 0 saturated carbocycles. The number of alkyl halides is 3. The first-order valence-corrected chi connectivity index (χ1v) is 6.83. The fourth-order valence-corrected chi connectivity index (χ4v) is 2.16. The van der Waals surface area contributed by atoms with Crippen LogP contribution < -0.4 is 4.74 Å². The van der Waals surface area contributed by atoms with E-state index in [4.69, 9.17) is 4.74 Å². The normalized spacial score (nSPS) is 15.2. The van der Waals surface area contributed by atoms with Crippen LogP contribution >= 0.6 is 0 Å². The molecule has 1 saturated heterocycles. The molecule has 0 N–H and O–H groups in total. The number of ether oxygens (including phenoxy) is 1. The zero-order valence-corrected chi connectivity index (χ0v) is 11.8. The molecule has 0 unspecified atom stereocenters. The summed E-state index contributed by atoms with van der Waals surface area (Å²) in [5, 5.41) is 0. The first-order valence-electron chi connectivity index (χ1n) is 6.83. The molecule has 120 valence electrons. The molecule has 8 heteroatoms. The number of rotatable bonds is 3. The van der Waals surface area contributed by atoms with Crippen LogP contribution in [0.3, 0.4) is 0 Å². The number of carbonyl (C=O) groups excluding carboxylic acids is 1. The number of hydrogen-bond acceptors (Lipinski definition) is 4. The average molecular weight is 323 g/mol. The summed E-state index contributed by atoms with van der Waals surface area (Å²) in [6, 6.07) is 5.44. The van der Waals surface area contributed by atoms with Gasteiger partial charge in [0.05, 0.1) is 24.8 Å². The molecule has 1 fully saturated rings. The zero-order valence-electron chi connectivity index (χ0n) is 11.8. The molecular formula is C15H12F3N3O2. The van der Waals surface area contributed by atoms with Gasteiger partial charge in [0, 0.05) is 12.4 Å². The molecule has 0 aliphatic carbocycles. The molecule has 0 aromatic carbocycles. The Morgan fingerprint density at radius 2 is 2.00 bits per heavy atom. The summed E-state index contributed by atoms with van der Waals surface area (Å²) in [6.07, 6.45) is -0.516. The Bertz CT molecular complexity index is 683. The molecule has 0 spiro atoms. The lowest BCUT2D eigenvalue weighted by molar-refractivity contribution is -0.141. The summed E-state index contributed by atoms with van der Waals surface area (Å²) in [4.78, 5) is 20.8. The summed E-state index contributed by atoms with van der Waals surface area (Å²) < 4.78 is 42.9. The van der Waals surface area contributed by atoms with Gasteiger partial charge in [-0.15, -0.1) is 0 Å². The molecule has 2 aromatic heterocycles. The van der Waals surface area contributed by atoms with Gasteiger partial charge in [-0.1, -0.05) is 0 Å². The summed E-state index contributed by atoms with van der Waals surface area (Å²) >= 11 is 0. The van der Waals surface area contributed by atoms with Crippen LogP contribution in [0.2, 0.25) is 0 Å². The summed E-state index contributed by atoms with van der Waals surface area (Å²) in [5.74, 6) is 0.248. The van der Waals surface area contributed by atoms with E-state index < -0.39 is 11.9 Å². The molecule has 0 atom stereocenters. The summed E-state index contributed by atoms with van der Waals surface area (Å²) in [7, 11) is 0. The average Bonchev–Trinajstić information content (AvgIpc) is 2.50. The van der Waals surface area contributed by atoms with E-state index in [1.807, 2.05) is 0 Å². The van der Waals surface area contributed by atoms with Gasteiger partial charge in [0.2, 0.25) is 0 Å². The summed E-state index contributed by atoms with van der Waals surface area (Å²) in [6.45, 7) is 0.740. The maximum absolute atomic E-state index is 12.4. The van der Waals surface area contributed by atoms with E-state index in [-0.39, 0.29) is 17.6 Å². The molecule has 23 heavy (non-hydrogen) atoms. The van der Waals surface area contributed by atoms with Gasteiger partial charge in [0.1, 0.15) is 17.5 Å². The highest BCUT2D eigenvalue weighted by atomic mass is 19.4. The van der Waals surface area contributed by atoms with Gasteiger partial charge in [-0.25, -0.2) is 0 Å². The third-order valence-electron chi connectivity index (χ3n) is 3.37. The maximum atomic E-state index is 12.4. The Labute approximate surface area is 129 Å². The highest BCUT2D eigenvalue weighted by molar-refractivity contribution is 5.94. The maximum Gasteiger partial charge on any atom is 0.433 e. The molecule has 5 nitrogen and oxygen atoms in total. The monoisotopic (exact) mass is 323 g/mol. The van der Waals surface area contributed by atoms with Gasteiger partial charge in [0.25, 0.3) is 5.91 Å². The lowest BCUT2D eigenvalue weighted by Crippen LogP contribution is -2.56. The fourth-order valence-electron chi connectivity index (χ4n) is 2.16. The van der Waals surface area contributed by atoms with Gasteiger partial charge in [0.15, 0.2) is 0 Å². The molecule has 1 aliphatic heterocycles. The van der Waals surface area contributed by atoms with Crippen molar-refractivity contribution in [1.29, 1.82) is 0 Å². The number of nitrogens with zero attached hydrogens (tertiary/aromatic N) is 3. The van der Waals surface area contributed by atoms with Gasteiger partial charge >= 0.3 is 6.18 Å². The zero-order chi connectivity index (χ0) is 16.4. The molecule has 3 rings (SSSR count). The van der Waals surface area contributed by atoms with E-state index in [9.17, 15) is 18.0 Å². The first kappa shape index (κ1) is 15.3. The Morgan fingerprint density at radius 3 is 2.57 bits per heavy atom. The Balaban J connectivity index is 1.56. The van der Waals surface area contributed by atoms with E-state index >= 15 is 0 Å². The molecule has 3 heterocycles. The third-order valence-corrected chi connectivity index (χ3v) is 3.37. The molecule has 0 radical (unpaired) electrons. The lowest BCUT2D eigenvalue weighted by Gasteiger charge is -2.38. The third kappa shape index (κ3) is 3.41. The van der Waals surface area contributed by atoms with Crippen LogP contribution in [0, 0.1) is 0 Å². The van der Waals surface area contributed by atoms with Crippen molar-refractivity contribution >= 4 is 5.91 Å². The SMILES string of the molecule is O=C(c1ccc(C(F)(F)F)nc1)N1CC(Oc2cccnc2)C1. The Hall–Kier alpha value is -2.64. The number of hydrogen-bond donors (Lipinski definition) is 0. The molecule has 1 amide bonds. The van der Waals surface area contributed by atoms with E-state index in [2.05, 4.69) is 9.97 Å². The van der Waals surface area contributed by atoms with Crippen molar-refractivity contribution in [2.75, 3.05) is 13.1 Å². The minimum absolute atomic E-state index is 0.123. The standard InChI is InChI=1S/C15H12F3N3O2/c16-15(17,18)13-4-3-10(6-20-13)14(22)21-8-12(9-21)23-11-2-1-5-19-7-11/h1-7,12H,8-9H2. The smallest absolute Gasteiger partial charge is 0.433 e. The lowest BCUT2D eigenvalue weighted by atomic mass is 10.1. The van der Waals surface area contributed by atoms with Gasteiger partial charge in [-0.2, -0.15) is 13.2 Å². The molecular weight excluding hydrogens is 311 g/mol. The molecule has 1 aliphatic rings. The Morgan fingerprint density at radius 1 is 1.22 bits per heavy atom. The fraction of sp³-hybridized carbons (Fsp3) is 0.267. The van der Waals surface area contributed by atoms with Crippen LogP contribution in [0.4, 0.5) is 13.2 Å². The Kier molecular flexibility index (Phi) is 3.89. The van der Waals surface area contributed by atoms with Crippen molar-refractivity contribution in [2.45, 2.75) is 12.3 Å². The number of aromatic nitrogens is 2. The quantitative estimate of drug-likeness (QED) is 0.870. The van der Waals surface area contributed by atoms with Gasteiger partial charge < -0.3 is 9.64 Å². The van der Waals surface area contributed by atoms with Crippen LogP contribution in [0.15, 0.2) is 42.9 Å². The highest BCUT2D eigenvalue weighted by Gasteiger charge is 2.35. The number of amides is 1. The van der Waals surface area contributed by atoms with Crippen LogP contribution in [0.25, 0.3) is 0 Å².